The number of amides is 1. The number of aromatic nitrogens is 4. The minimum absolute atomic E-state index is 0.00340. The third kappa shape index (κ3) is 6.56. The van der Waals surface area contributed by atoms with Gasteiger partial charge in [0.05, 0.1) is 27.9 Å². The molecule has 1 amide bonds. The summed E-state index contributed by atoms with van der Waals surface area (Å²) in [7, 11) is 0. The number of H-pyrrole nitrogens is 3. The number of aliphatic imine (C=N–C) groups is 1. The zero-order chi connectivity index (χ0) is 37.3. The summed E-state index contributed by atoms with van der Waals surface area (Å²) in [5, 5.41) is 26.7. The average molecular weight is 705 g/mol. The van der Waals surface area contributed by atoms with Gasteiger partial charge < -0.3 is 30.5 Å². The number of pyridine rings is 1. The molecule has 0 spiro atoms. The lowest BCUT2D eigenvalue weighted by molar-refractivity contribution is -0.121. The van der Waals surface area contributed by atoms with Gasteiger partial charge in [0.15, 0.2) is 0 Å². The second-order valence-corrected chi connectivity index (χ2v) is 14.0. The number of nitrogens with zero attached hydrogens (tertiary/aromatic N) is 2. The maximum absolute atomic E-state index is 14.3. The zero-order valence-corrected chi connectivity index (χ0v) is 31.4. The van der Waals surface area contributed by atoms with Crippen molar-refractivity contribution < 1.29 is 15.0 Å². The molecule has 6 heterocycles. The van der Waals surface area contributed by atoms with E-state index < -0.39 is 0 Å². The highest BCUT2D eigenvalue weighted by Gasteiger charge is 2.31. The van der Waals surface area contributed by atoms with E-state index in [4.69, 9.17) is 4.99 Å². The molecule has 0 saturated carbocycles. The highest BCUT2D eigenvalue weighted by atomic mass is 16.3. The number of allylic oxidation sites excluding steroid dienone is 2. The molecule has 4 aromatic heterocycles. The van der Waals surface area contributed by atoms with Crippen LogP contribution in [-0.2, 0) is 17.8 Å². The third-order valence-electron chi connectivity index (χ3n) is 10.8. The highest BCUT2D eigenvalue weighted by molar-refractivity contribution is 6.23. The van der Waals surface area contributed by atoms with E-state index in [2.05, 4.69) is 66.7 Å². The standard InChI is InChI=1S/C42H52N6O4/c1-8-11-12-13-18-48-41(51)37-26(7)33-22-35-28(10-3)24(5)31(45-35)21-34-27(9-2)23(4)30(44-34)20-32-25(6)29(15-16-36(50)43-17-14-19-49)39(46-32)38(42(48)52)40(37)47-33/h9,20-22,44-45,47,49,52H,2,8,10-19H2,1,3-7H3,(H,43,50). The number of carbonyl (C=O) groups is 1. The highest BCUT2D eigenvalue weighted by Crippen LogP contribution is 2.39. The number of hydrogen-bond donors (Lipinski definition) is 6. The van der Waals surface area contributed by atoms with Gasteiger partial charge >= 0.3 is 0 Å². The molecule has 4 aromatic rings. The van der Waals surface area contributed by atoms with Gasteiger partial charge in [-0.25, -0.2) is 4.99 Å². The van der Waals surface area contributed by atoms with Gasteiger partial charge in [0.2, 0.25) is 11.8 Å². The number of aromatic amines is 3. The number of unbranched alkanes of at least 4 members (excludes halogenated alkanes) is 3. The monoisotopic (exact) mass is 704 g/mol. The Kier molecular flexibility index (Phi) is 10.8. The molecule has 0 saturated heterocycles. The fourth-order valence-corrected chi connectivity index (χ4v) is 7.71. The molecule has 8 bridgehead atoms. The SMILES string of the molecule is C=Cc1c2[nH]c(c1C)C=C1N=C(C(CCC(=O)NCCCO)=C1C)c1c(O)n(CCCCCC)c(=O)c3c(C)c([nH]c13)C=c1[nH]c(c(C)c1CC)=C2. The summed E-state index contributed by atoms with van der Waals surface area (Å²) in [6.07, 6.45) is 13.7. The largest absolute Gasteiger partial charge is 0.494 e. The predicted octanol–water partition coefficient (Wildman–Crippen LogP) is 5.81. The summed E-state index contributed by atoms with van der Waals surface area (Å²) in [5.74, 6) is -0.260. The number of aromatic hydroxyl groups is 1. The molecule has 0 atom stereocenters. The maximum atomic E-state index is 14.3. The summed E-state index contributed by atoms with van der Waals surface area (Å²) in [6, 6.07) is 0. The van der Waals surface area contributed by atoms with Gasteiger partial charge in [-0.1, -0.05) is 45.8 Å². The average Bonchev–Trinajstić information content (AvgIpc) is 3.80. The van der Waals surface area contributed by atoms with Crippen molar-refractivity contribution in [3.05, 3.63) is 94.9 Å². The predicted molar refractivity (Wildman–Crippen MR) is 211 cm³/mol. The molecule has 274 valence electrons. The lowest BCUT2D eigenvalue weighted by atomic mass is 9.94. The van der Waals surface area contributed by atoms with E-state index in [-0.39, 0.29) is 30.4 Å². The maximum Gasteiger partial charge on any atom is 0.263 e. The van der Waals surface area contributed by atoms with Crippen LogP contribution in [0.3, 0.4) is 0 Å². The molecular formula is C42H52N6O4. The summed E-state index contributed by atoms with van der Waals surface area (Å²) >= 11 is 0. The minimum atomic E-state index is -0.238. The van der Waals surface area contributed by atoms with Crippen molar-refractivity contribution in [3.63, 3.8) is 0 Å². The summed E-state index contributed by atoms with van der Waals surface area (Å²) in [5.41, 5.74) is 11.5. The minimum Gasteiger partial charge on any atom is -0.494 e. The molecule has 2 aliphatic rings. The Labute approximate surface area is 304 Å². The molecule has 6 N–H and O–H groups in total. The van der Waals surface area contributed by atoms with Crippen LogP contribution in [0, 0.1) is 20.8 Å². The van der Waals surface area contributed by atoms with Gasteiger partial charge in [-0.15, -0.1) is 0 Å². The molecule has 0 unspecified atom stereocenters. The van der Waals surface area contributed by atoms with Crippen LogP contribution >= 0.6 is 0 Å². The first-order valence-corrected chi connectivity index (χ1v) is 18.7. The van der Waals surface area contributed by atoms with Crippen molar-refractivity contribution in [1.29, 1.82) is 0 Å². The van der Waals surface area contributed by atoms with E-state index in [1.165, 1.54) is 10.1 Å². The molecule has 0 aliphatic carbocycles. The van der Waals surface area contributed by atoms with Crippen molar-refractivity contribution in [2.45, 2.75) is 99.5 Å². The first-order chi connectivity index (χ1) is 25.0. The fraction of sp³-hybridized carbons (Fsp3) is 0.405. The Bertz CT molecular complexity index is 2350. The first kappa shape index (κ1) is 36.7. The van der Waals surface area contributed by atoms with E-state index in [1.807, 2.05) is 26.0 Å². The van der Waals surface area contributed by atoms with Crippen LogP contribution in [0.4, 0.5) is 0 Å². The molecule has 0 fully saturated rings. The van der Waals surface area contributed by atoms with Crippen LogP contribution in [0.2, 0.25) is 0 Å². The van der Waals surface area contributed by atoms with Gasteiger partial charge in [-0.05, 0) is 105 Å². The lowest BCUT2D eigenvalue weighted by Crippen LogP contribution is -2.25. The number of aryl methyl sites for hydroxylation is 1. The van der Waals surface area contributed by atoms with Crippen LogP contribution in [-0.4, -0.2) is 54.5 Å². The second-order valence-electron chi connectivity index (χ2n) is 14.0. The zero-order valence-electron chi connectivity index (χ0n) is 31.4. The number of rotatable bonds is 13. The summed E-state index contributed by atoms with van der Waals surface area (Å²) in [6.45, 7) is 17.3. The molecule has 0 aromatic carbocycles. The number of fused-ring (bicyclic) bond motifs is 7. The van der Waals surface area contributed by atoms with Crippen LogP contribution in [0.15, 0.2) is 33.2 Å². The van der Waals surface area contributed by atoms with E-state index in [0.29, 0.717) is 53.8 Å². The number of carbonyl (C=O) groups excluding carboxylic acids is 1. The third-order valence-corrected chi connectivity index (χ3v) is 10.8. The van der Waals surface area contributed by atoms with Gasteiger partial charge in [0.25, 0.3) is 5.56 Å². The fourth-order valence-electron chi connectivity index (χ4n) is 7.71. The van der Waals surface area contributed by atoms with Crippen LogP contribution in [0.1, 0.15) is 116 Å². The Hall–Kier alpha value is -5.09. The molecule has 52 heavy (non-hydrogen) atoms. The van der Waals surface area contributed by atoms with Gasteiger partial charge in [0, 0.05) is 59.5 Å². The number of aliphatic hydroxyl groups excluding tert-OH is 1. The molecule has 10 nitrogen and oxygen atoms in total. The molecule has 6 rings (SSSR count). The normalized spacial score (nSPS) is 13.8. The van der Waals surface area contributed by atoms with Crippen LogP contribution < -0.4 is 21.6 Å². The first-order valence-electron chi connectivity index (χ1n) is 18.7. The van der Waals surface area contributed by atoms with Crippen LogP contribution in [0.5, 0.6) is 5.88 Å². The van der Waals surface area contributed by atoms with E-state index in [0.717, 1.165) is 93.3 Å². The Morgan fingerprint density at radius 1 is 0.942 bits per heavy atom. The van der Waals surface area contributed by atoms with Crippen molar-refractivity contribution in [2.75, 3.05) is 13.2 Å². The number of nitrogens with one attached hydrogen (secondary N) is 4. The Balaban J connectivity index is 1.68. The van der Waals surface area contributed by atoms with Crippen molar-refractivity contribution >= 4 is 46.8 Å². The topological polar surface area (TPSA) is 151 Å². The quantitative estimate of drug-likeness (QED) is 0.0974. The van der Waals surface area contributed by atoms with E-state index in [1.54, 1.807) is 0 Å². The van der Waals surface area contributed by atoms with Crippen LogP contribution in [0.25, 0.3) is 35.2 Å². The number of aliphatic hydroxyl groups is 1. The number of hydrogen-bond acceptors (Lipinski definition) is 5. The van der Waals surface area contributed by atoms with Crippen molar-refractivity contribution in [3.8, 4) is 5.88 Å². The smallest absolute Gasteiger partial charge is 0.263 e. The second kappa shape index (κ2) is 15.3. The lowest BCUT2D eigenvalue weighted by Gasteiger charge is -2.16. The molecule has 0 radical (unpaired) electrons. The van der Waals surface area contributed by atoms with Crippen molar-refractivity contribution in [1.82, 2.24) is 24.8 Å². The molecular weight excluding hydrogens is 652 g/mol. The van der Waals surface area contributed by atoms with Gasteiger partial charge in [-0.3, -0.25) is 14.2 Å². The van der Waals surface area contributed by atoms with E-state index in [9.17, 15) is 19.8 Å². The summed E-state index contributed by atoms with van der Waals surface area (Å²) in [4.78, 5) is 43.3. The summed E-state index contributed by atoms with van der Waals surface area (Å²) < 4.78 is 1.51. The van der Waals surface area contributed by atoms with Gasteiger partial charge in [0.1, 0.15) is 0 Å². The molecule has 2 aliphatic heterocycles. The molecule has 10 heteroatoms. The van der Waals surface area contributed by atoms with Gasteiger partial charge in [-0.2, -0.15) is 0 Å². The van der Waals surface area contributed by atoms with E-state index >= 15 is 0 Å². The Morgan fingerprint density at radius 3 is 2.40 bits per heavy atom. The van der Waals surface area contributed by atoms with Crippen molar-refractivity contribution in [2.24, 2.45) is 4.99 Å². The Morgan fingerprint density at radius 2 is 1.69 bits per heavy atom.